The van der Waals surface area contributed by atoms with Crippen LogP contribution in [0, 0.1) is 6.92 Å². The van der Waals surface area contributed by atoms with Crippen LogP contribution in [0.4, 0.5) is 0 Å². The second-order valence-corrected chi connectivity index (χ2v) is 8.08. The van der Waals surface area contributed by atoms with E-state index >= 15 is 0 Å². The number of likely N-dealkylation sites (tertiary alicyclic amines) is 1. The average molecular weight is 363 g/mol. The Hall–Kier alpha value is -2.33. The lowest BCUT2D eigenvalue weighted by Crippen LogP contribution is -2.25. The predicted octanol–water partition coefficient (Wildman–Crippen LogP) is 4.33. The minimum atomic E-state index is 0.291. The molecule has 0 bridgehead atoms. The standard InChI is InChI=1S/C23H25NO3/c1-15-10-19(12-22-23(15)27-14-26-22)20-11-21(24(13-20)8-9-25)18-6-4-17(5-7-18)16-2-3-16/h4-7,9-10,12,16,20-21H,2-3,8,11,13-14H2,1H3/t20-,21-/m1/s1. The highest BCUT2D eigenvalue weighted by Gasteiger charge is 2.35. The van der Waals surface area contributed by atoms with Crippen molar-refractivity contribution in [3.63, 3.8) is 0 Å². The van der Waals surface area contributed by atoms with Crippen molar-refractivity contribution < 1.29 is 14.3 Å². The maximum absolute atomic E-state index is 11.3. The molecule has 1 aliphatic carbocycles. The van der Waals surface area contributed by atoms with Crippen LogP contribution in [0.15, 0.2) is 36.4 Å². The minimum absolute atomic E-state index is 0.291. The Labute approximate surface area is 160 Å². The average Bonchev–Trinajstić information content (AvgIpc) is 3.26. The normalized spacial score (nSPS) is 24.3. The van der Waals surface area contributed by atoms with Crippen molar-refractivity contribution in [2.24, 2.45) is 0 Å². The van der Waals surface area contributed by atoms with Gasteiger partial charge in [0.15, 0.2) is 11.5 Å². The molecule has 27 heavy (non-hydrogen) atoms. The fraction of sp³-hybridized carbons (Fsp3) is 0.435. The van der Waals surface area contributed by atoms with Gasteiger partial charge < -0.3 is 14.3 Å². The third-order valence-electron chi connectivity index (χ3n) is 6.23. The summed E-state index contributed by atoms with van der Waals surface area (Å²) in [6.07, 6.45) is 4.70. The van der Waals surface area contributed by atoms with Crippen molar-refractivity contribution >= 4 is 6.29 Å². The Morgan fingerprint density at radius 1 is 1.04 bits per heavy atom. The third kappa shape index (κ3) is 3.12. The summed E-state index contributed by atoms with van der Waals surface area (Å²) < 4.78 is 11.2. The first-order valence-electron chi connectivity index (χ1n) is 9.90. The van der Waals surface area contributed by atoms with Gasteiger partial charge in [-0.15, -0.1) is 0 Å². The number of hydrogen-bond donors (Lipinski definition) is 0. The van der Waals surface area contributed by atoms with Crippen LogP contribution in [0.25, 0.3) is 0 Å². The van der Waals surface area contributed by atoms with Crippen LogP contribution in [-0.2, 0) is 4.79 Å². The van der Waals surface area contributed by atoms with E-state index in [9.17, 15) is 4.79 Å². The summed E-state index contributed by atoms with van der Waals surface area (Å²) in [6.45, 7) is 3.75. The summed E-state index contributed by atoms with van der Waals surface area (Å²) in [5, 5.41) is 0. The Bertz CT molecular complexity index is 857. The lowest BCUT2D eigenvalue weighted by atomic mass is 9.92. The number of aryl methyl sites for hydroxylation is 1. The van der Waals surface area contributed by atoms with Crippen molar-refractivity contribution in [3.05, 3.63) is 58.7 Å². The maximum atomic E-state index is 11.3. The number of aldehydes is 1. The minimum Gasteiger partial charge on any atom is -0.454 e. The molecule has 140 valence electrons. The van der Waals surface area contributed by atoms with Gasteiger partial charge in [0.25, 0.3) is 0 Å². The molecule has 1 saturated carbocycles. The Morgan fingerprint density at radius 2 is 1.81 bits per heavy atom. The summed E-state index contributed by atoms with van der Waals surface area (Å²) in [6, 6.07) is 13.7. The molecule has 2 heterocycles. The molecule has 5 rings (SSSR count). The van der Waals surface area contributed by atoms with Crippen LogP contribution in [-0.4, -0.2) is 31.1 Å². The molecule has 2 aliphatic heterocycles. The number of carbonyl (C=O) groups excluding carboxylic acids is 1. The monoisotopic (exact) mass is 363 g/mol. The SMILES string of the molecule is Cc1cc([C@@H]2C[C@H](c3ccc(C4CC4)cc3)N(CC=O)C2)cc2c1OCO2. The first kappa shape index (κ1) is 16.8. The van der Waals surface area contributed by atoms with Crippen LogP contribution >= 0.6 is 0 Å². The fourth-order valence-corrected chi connectivity index (χ4v) is 4.64. The number of rotatable bonds is 5. The van der Waals surface area contributed by atoms with Gasteiger partial charge in [-0.05, 0) is 66.3 Å². The summed E-state index contributed by atoms with van der Waals surface area (Å²) in [7, 11) is 0. The molecule has 0 radical (unpaired) electrons. The third-order valence-corrected chi connectivity index (χ3v) is 6.23. The van der Waals surface area contributed by atoms with Gasteiger partial charge in [0.2, 0.25) is 6.79 Å². The number of hydrogen-bond acceptors (Lipinski definition) is 4. The van der Waals surface area contributed by atoms with Crippen molar-refractivity contribution in [1.82, 2.24) is 4.90 Å². The van der Waals surface area contributed by atoms with Gasteiger partial charge in [-0.25, -0.2) is 0 Å². The van der Waals surface area contributed by atoms with Crippen LogP contribution in [0.5, 0.6) is 11.5 Å². The van der Waals surface area contributed by atoms with Gasteiger partial charge in [0.05, 0.1) is 6.54 Å². The van der Waals surface area contributed by atoms with E-state index in [1.165, 1.54) is 29.5 Å². The second-order valence-electron chi connectivity index (χ2n) is 8.08. The zero-order valence-electron chi connectivity index (χ0n) is 15.7. The number of benzene rings is 2. The highest BCUT2D eigenvalue weighted by Crippen LogP contribution is 2.45. The summed E-state index contributed by atoms with van der Waals surface area (Å²) >= 11 is 0. The molecule has 2 aromatic rings. The molecule has 2 aromatic carbocycles. The van der Waals surface area contributed by atoms with E-state index in [4.69, 9.17) is 9.47 Å². The van der Waals surface area contributed by atoms with Gasteiger partial charge in [-0.1, -0.05) is 30.3 Å². The molecule has 1 saturated heterocycles. The maximum Gasteiger partial charge on any atom is 0.231 e. The van der Waals surface area contributed by atoms with Crippen molar-refractivity contribution in [2.45, 2.75) is 44.1 Å². The first-order valence-corrected chi connectivity index (χ1v) is 9.90. The van der Waals surface area contributed by atoms with E-state index < -0.39 is 0 Å². The molecule has 0 N–H and O–H groups in total. The highest BCUT2D eigenvalue weighted by molar-refractivity contribution is 5.53. The Morgan fingerprint density at radius 3 is 2.56 bits per heavy atom. The lowest BCUT2D eigenvalue weighted by Gasteiger charge is -2.22. The zero-order valence-corrected chi connectivity index (χ0v) is 15.7. The van der Waals surface area contributed by atoms with Crippen molar-refractivity contribution in [2.75, 3.05) is 19.9 Å². The molecule has 2 atom stereocenters. The summed E-state index contributed by atoms with van der Waals surface area (Å²) in [5.74, 6) is 2.89. The molecule has 4 nitrogen and oxygen atoms in total. The van der Waals surface area contributed by atoms with Gasteiger partial charge in [-0.2, -0.15) is 0 Å². The number of ether oxygens (including phenoxy) is 2. The Kier molecular flexibility index (Phi) is 4.16. The molecule has 0 unspecified atom stereocenters. The largest absolute Gasteiger partial charge is 0.454 e. The molecule has 0 aromatic heterocycles. The summed E-state index contributed by atoms with van der Waals surface area (Å²) in [4.78, 5) is 13.6. The van der Waals surface area contributed by atoms with E-state index in [1.807, 2.05) is 0 Å². The van der Waals surface area contributed by atoms with Crippen LogP contribution in [0.1, 0.15) is 59.4 Å². The Balaban J connectivity index is 1.41. The van der Waals surface area contributed by atoms with Crippen molar-refractivity contribution in [3.8, 4) is 11.5 Å². The van der Waals surface area contributed by atoms with Crippen LogP contribution < -0.4 is 9.47 Å². The van der Waals surface area contributed by atoms with Crippen molar-refractivity contribution in [1.29, 1.82) is 0 Å². The number of carbonyl (C=O) groups is 1. The zero-order chi connectivity index (χ0) is 18.4. The molecule has 0 spiro atoms. The van der Waals surface area contributed by atoms with E-state index in [2.05, 4.69) is 48.2 Å². The van der Waals surface area contributed by atoms with E-state index in [0.29, 0.717) is 25.3 Å². The number of fused-ring (bicyclic) bond motifs is 1. The quantitative estimate of drug-likeness (QED) is 0.741. The molecular weight excluding hydrogens is 338 g/mol. The second kappa shape index (κ2) is 6.68. The topological polar surface area (TPSA) is 38.8 Å². The summed E-state index contributed by atoms with van der Waals surface area (Å²) in [5.41, 5.74) is 5.19. The van der Waals surface area contributed by atoms with Crippen LogP contribution in [0.3, 0.4) is 0 Å². The predicted molar refractivity (Wildman–Crippen MR) is 103 cm³/mol. The van der Waals surface area contributed by atoms with E-state index in [-0.39, 0.29) is 0 Å². The molecule has 3 aliphatic rings. The lowest BCUT2D eigenvalue weighted by molar-refractivity contribution is -0.109. The molecule has 2 fully saturated rings. The molecule has 0 amide bonds. The number of nitrogens with zero attached hydrogens (tertiary/aromatic N) is 1. The molecular formula is C23H25NO3. The fourth-order valence-electron chi connectivity index (χ4n) is 4.64. The molecule has 4 heteroatoms. The van der Waals surface area contributed by atoms with Gasteiger partial charge in [0, 0.05) is 12.6 Å². The van der Waals surface area contributed by atoms with Gasteiger partial charge in [0.1, 0.15) is 6.29 Å². The van der Waals surface area contributed by atoms with Gasteiger partial charge in [-0.3, -0.25) is 4.90 Å². The van der Waals surface area contributed by atoms with Crippen LogP contribution in [0.2, 0.25) is 0 Å². The highest BCUT2D eigenvalue weighted by atomic mass is 16.7. The van der Waals surface area contributed by atoms with Gasteiger partial charge >= 0.3 is 0 Å². The van der Waals surface area contributed by atoms with E-state index in [0.717, 1.165) is 42.2 Å². The first-order chi connectivity index (χ1) is 13.2. The van der Waals surface area contributed by atoms with E-state index in [1.54, 1.807) is 0 Å². The smallest absolute Gasteiger partial charge is 0.231 e.